The van der Waals surface area contributed by atoms with E-state index in [2.05, 4.69) is 0 Å². The molecule has 1 aliphatic heterocycles. The monoisotopic (exact) mass is 441 g/mol. The molecule has 0 aromatic heterocycles. The lowest BCUT2D eigenvalue weighted by Crippen LogP contribution is -2.56. The summed E-state index contributed by atoms with van der Waals surface area (Å²) in [6, 6.07) is 17.2. The second-order valence-electron chi connectivity index (χ2n) is 9.07. The first-order valence-electron chi connectivity index (χ1n) is 10.7. The van der Waals surface area contributed by atoms with E-state index >= 15 is 0 Å². The van der Waals surface area contributed by atoms with Crippen LogP contribution in [0.1, 0.15) is 38.3 Å². The molecule has 0 aliphatic carbocycles. The molecule has 32 heavy (non-hydrogen) atoms. The third-order valence-electron chi connectivity index (χ3n) is 5.33. The lowest BCUT2D eigenvalue weighted by atomic mass is 9.87. The number of methoxy groups -OCH3 is 1. The molecule has 0 saturated carbocycles. The molecule has 0 bridgehead atoms. The van der Waals surface area contributed by atoms with Crippen LogP contribution in [0.5, 0.6) is 5.75 Å². The predicted octanol–water partition coefficient (Wildman–Crippen LogP) is 3.72. The Morgan fingerprint density at radius 2 is 1.72 bits per heavy atom. The van der Waals surface area contributed by atoms with Gasteiger partial charge in [0.15, 0.2) is 5.54 Å². The number of aliphatic hydroxyl groups excluding tert-OH is 1. The average molecular weight is 442 g/mol. The summed E-state index contributed by atoms with van der Waals surface area (Å²) >= 11 is 0. The largest absolute Gasteiger partial charge is 0.489 e. The van der Waals surface area contributed by atoms with Crippen LogP contribution in [0.3, 0.4) is 0 Å². The Morgan fingerprint density at radius 1 is 1.06 bits per heavy atom. The van der Waals surface area contributed by atoms with E-state index in [4.69, 9.17) is 14.2 Å². The molecule has 0 spiro atoms. The minimum Gasteiger partial charge on any atom is -0.489 e. The first-order chi connectivity index (χ1) is 15.1. The molecule has 1 fully saturated rings. The molecule has 1 amide bonds. The van der Waals surface area contributed by atoms with E-state index < -0.39 is 29.3 Å². The van der Waals surface area contributed by atoms with Crippen LogP contribution in [0.4, 0.5) is 4.79 Å². The lowest BCUT2D eigenvalue weighted by molar-refractivity contribution is -0.153. The summed E-state index contributed by atoms with van der Waals surface area (Å²) in [4.78, 5) is 27.1. The fourth-order valence-electron chi connectivity index (χ4n) is 3.92. The van der Waals surface area contributed by atoms with Crippen molar-refractivity contribution in [2.24, 2.45) is 0 Å². The number of β-amino-alcohol motifs (C(OH)–C–C–N with tert-alkyl or cyclic N) is 1. The number of hydrogen-bond acceptors (Lipinski definition) is 6. The molecule has 1 saturated heterocycles. The standard InChI is InChI=1S/C25H31NO6/c1-24(2,3)32-23(29)26-16-20(27)15-25(26,22(28)30-4)14-18-10-12-21(13-11-18)31-17-19-8-6-5-7-9-19/h5-13,20,27H,14-17H2,1-4H3/t20-,25-/m0/s1. The fourth-order valence-corrected chi connectivity index (χ4v) is 3.92. The Hall–Kier alpha value is -3.06. The molecule has 1 aliphatic rings. The number of carbonyl (C=O) groups excluding carboxylic acids is 2. The summed E-state index contributed by atoms with van der Waals surface area (Å²) in [7, 11) is 1.28. The third-order valence-corrected chi connectivity index (χ3v) is 5.33. The smallest absolute Gasteiger partial charge is 0.411 e. The van der Waals surface area contributed by atoms with E-state index in [0.717, 1.165) is 11.1 Å². The van der Waals surface area contributed by atoms with Gasteiger partial charge in [0.05, 0.1) is 19.8 Å². The Labute approximate surface area is 188 Å². The summed E-state index contributed by atoms with van der Waals surface area (Å²) in [5.41, 5.74) is -0.202. The van der Waals surface area contributed by atoms with Gasteiger partial charge >= 0.3 is 12.1 Å². The van der Waals surface area contributed by atoms with Crippen LogP contribution in [0.15, 0.2) is 54.6 Å². The number of benzene rings is 2. The maximum atomic E-state index is 12.9. The van der Waals surface area contributed by atoms with Crippen molar-refractivity contribution in [1.29, 1.82) is 0 Å². The molecule has 2 aromatic carbocycles. The van der Waals surface area contributed by atoms with Gasteiger partial charge in [-0.25, -0.2) is 9.59 Å². The predicted molar refractivity (Wildman–Crippen MR) is 119 cm³/mol. The van der Waals surface area contributed by atoms with Crippen LogP contribution >= 0.6 is 0 Å². The van der Waals surface area contributed by atoms with Crippen molar-refractivity contribution in [2.75, 3.05) is 13.7 Å². The van der Waals surface area contributed by atoms with E-state index in [1.54, 1.807) is 20.8 Å². The second kappa shape index (κ2) is 9.61. The first-order valence-corrected chi connectivity index (χ1v) is 10.7. The van der Waals surface area contributed by atoms with Crippen molar-refractivity contribution in [3.8, 4) is 5.75 Å². The van der Waals surface area contributed by atoms with Gasteiger partial charge in [-0.05, 0) is 44.0 Å². The molecule has 0 radical (unpaired) electrons. The van der Waals surface area contributed by atoms with Gasteiger partial charge < -0.3 is 19.3 Å². The molecular weight excluding hydrogens is 410 g/mol. The molecule has 2 atom stereocenters. The normalized spacial score (nSPS) is 20.7. The number of hydrogen-bond donors (Lipinski definition) is 1. The minimum absolute atomic E-state index is 0.00227. The summed E-state index contributed by atoms with van der Waals surface area (Å²) in [5, 5.41) is 10.3. The van der Waals surface area contributed by atoms with E-state index in [1.165, 1.54) is 12.0 Å². The number of aliphatic hydroxyl groups is 1. The molecule has 1 heterocycles. The number of ether oxygens (including phenoxy) is 3. The number of carbonyl (C=O) groups is 2. The Bertz CT molecular complexity index is 922. The molecule has 7 nitrogen and oxygen atoms in total. The summed E-state index contributed by atoms with van der Waals surface area (Å²) < 4.78 is 16.4. The van der Waals surface area contributed by atoms with Gasteiger partial charge in [0.1, 0.15) is 18.0 Å². The number of rotatable bonds is 6. The summed E-state index contributed by atoms with van der Waals surface area (Å²) in [5.74, 6) is 0.115. The van der Waals surface area contributed by atoms with Gasteiger partial charge in [-0.1, -0.05) is 42.5 Å². The fraction of sp³-hybridized carbons (Fsp3) is 0.440. The van der Waals surface area contributed by atoms with Gasteiger partial charge in [-0.15, -0.1) is 0 Å². The average Bonchev–Trinajstić information content (AvgIpc) is 3.09. The number of amides is 1. The molecule has 0 unspecified atom stereocenters. The highest BCUT2D eigenvalue weighted by molar-refractivity contribution is 5.87. The topological polar surface area (TPSA) is 85.3 Å². The summed E-state index contributed by atoms with van der Waals surface area (Å²) in [6.45, 7) is 5.72. The van der Waals surface area contributed by atoms with E-state index in [-0.39, 0.29) is 19.4 Å². The van der Waals surface area contributed by atoms with Crippen molar-refractivity contribution < 1.29 is 28.9 Å². The molecule has 1 N–H and O–H groups in total. The zero-order valence-corrected chi connectivity index (χ0v) is 19.0. The summed E-state index contributed by atoms with van der Waals surface area (Å²) in [6.07, 6.45) is -1.24. The Morgan fingerprint density at radius 3 is 2.31 bits per heavy atom. The van der Waals surface area contributed by atoms with E-state index in [1.807, 2.05) is 54.6 Å². The molecule has 172 valence electrons. The quantitative estimate of drug-likeness (QED) is 0.688. The van der Waals surface area contributed by atoms with Crippen LogP contribution in [0, 0.1) is 0 Å². The van der Waals surface area contributed by atoms with Gasteiger partial charge in [0.2, 0.25) is 0 Å². The van der Waals surface area contributed by atoms with Gasteiger partial charge in [-0.2, -0.15) is 0 Å². The van der Waals surface area contributed by atoms with Crippen molar-refractivity contribution in [3.05, 3.63) is 65.7 Å². The minimum atomic E-state index is -1.34. The number of nitrogens with zero attached hydrogens (tertiary/aromatic N) is 1. The molecular formula is C25H31NO6. The zero-order chi connectivity index (χ0) is 23.4. The van der Waals surface area contributed by atoms with Gasteiger partial charge in [0, 0.05) is 12.8 Å². The third kappa shape index (κ3) is 5.59. The molecule has 7 heteroatoms. The van der Waals surface area contributed by atoms with Crippen molar-refractivity contribution in [3.63, 3.8) is 0 Å². The van der Waals surface area contributed by atoms with Crippen molar-refractivity contribution in [1.82, 2.24) is 4.90 Å². The van der Waals surface area contributed by atoms with Gasteiger partial charge in [0.25, 0.3) is 0 Å². The van der Waals surface area contributed by atoms with Crippen LogP contribution in [0.2, 0.25) is 0 Å². The number of esters is 1. The van der Waals surface area contributed by atoms with Crippen LogP contribution < -0.4 is 4.74 Å². The van der Waals surface area contributed by atoms with Crippen LogP contribution in [-0.4, -0.2) is 53.0 Å². The van der Waals surface area contributed by atoms with Crippen molar-refractivity contribution in [2.45, 2.75) is 57.5 Å². The van der Waals surface area contributed by atoms with Crippen LogP contribution in [0.25, 0.3) is 0 Å². The second-order valence-corrected chi connectivity index (χ2v) is 9.07. The number of likely N-dealkylation sites (tertiary alicyclic amines) is 1. The highest BCUT2D eigenvalue weighted by Crippen LogP contribution is 2.36. The SMILES string of the molecule is COC(=O)[C@]1(Cc2ccc(OCc3ccccc3)cc2)C[C@H](O)CN1C(=O)OC(C)(C)C. The molecule has 2 aromatic rings. The van der Waals surface area contributed by atoms with Gasteiger partial charge in [-0.3, -0.25) is 4.90 Å². The zero-order valence-electron chi connectivity index (χ0n) is 19.0. The Kier molecular flexibility index (Phi) is 7.09. The molecule has 3 rings (SSSR count). The lowest BCUT2D eigenvalue weighted by Gasteiger charge is -2.36. The maximum absolute atomic E-state index is 12.9. The maximum Gasteiger partial charge on any atom is 0.411 e. The van der Waals surface area contributed by atoms with Crippen LogP contribution in [-0.2, 0) is 27.3 Å². The highest BCUT2D eigenvalue weighted by Gasteiger charge is 2.55. The van der Waals surface area contributed by atoms with E-state index in [9.17, 15) is 14.7 Å². The Balaban J connectivity index is 1.78. The van der Waals surface area contributed by atoms with Crippen molar-refractivity contribution >= 4 is 12.1 Å². The first kappa shape index (κ1) is 23.6. The highest BCUT2D eigenvalue weighted by atomic mass is 16.6. The van der Waals surface area contributed by atoms with E-state index in [0.29, 0.717) is 12.4 Å².